The zero-order valence-corrected chi connectivity index (χ0v) is 12.9. The second-order valence-electron chi connectivity index (χ2n) is 4.44. The zero-order valence-electron chi connectivity index (χ0n) is 10.6. The van der Waals surface area contributed by atoms with Crippen molar-refractivity contribution in [2.24, 2.45) is 0 Å². The van der Waals surface area contributed by atoms with Gasteiger partial charge in [0.1, 0.15) is 5.03 Å². The molecule has 3 rings (SSSR count). The maximum absolute atomic E-state index is 12.1. The van der Waals surface area contributed by atoms with Gasteiger partial charge in [-0.1, -0.05) is 53.0 Å². The molecule has 2 N–H and O–H groups in total. The van der Waals surface area contributed by atoms with Crippen LogP contribution in [0.5, 0.6) is 0 Å². The number of benzene rings is 2. The van der Waals surface area contributed by atoms with Crippen molar-refractivity contribution in [2.45, 2.75) is 0 Å². The smallest absolute Gasteiger partial charge is 0.269 e. The monoisotopic (exact) mass is 338 g/mol. The molecule has 1 amide bonds. The van der Waals surface area contributed by atoms with Crippen molar-refractivity contribution in [1.82, 2.24) is 0 Å². The predicted molar refractivity (Wildman–Crippen MR) is 87.9 cm³/mol. The number of hydrogen-bond donors (Lipinski definition) is 2. The Morgan fingerprint density at radius 3 is 2.38 bits per heavy atom. The summed E-state index contributed by atoms with van der Waals surface area (Å²) in [6.07, 6.45) is 0. The average molecular weight is 340 g/mol. The number of rotatable bonds is 1. The molecule has 1 aliphatic heterocycles. The molecule has 0 spiro atoms. The molecule has 0 fully saturated rings. The van der Waals surface area contributed by atoms with Gasteiger partial charge in [0.15, 0.2) is 0 Å². The largest absolute Gasteiger partial charge is 0.352 e. The van der Waals surface area contributed by atoms with E-state index in [-0.39, 0.29) is 5.03 Å². The number of carbonyl (C=O) groups excluding carboxylic acids is 1. The molecule has 0 aromatic heterocycles. The third-order valence-electron chi connectivity index (χ3n) is 3.05. The summed E-state index contributed by atoms with van der Waals surface area (Å²) in [6.45, 7) is 0. The van der Waals surface area contributed by atoms with Crippen LogP contribution in [0.25, 0.3) is 5.70 Å². The van der Waals surface area contributed by atoms with Crippen LogP contribution < -0.4 is 10.6 Å². The van der Waals surface area contributed by atoms with Crippen molar-refractivity contribution in [3.63, 3.8) is 0 Å². The molecule has 106 valence electrons. The van der Waals surface area contributed by atoms with Gasteiger partial charge in [-0.3, -0.25) is 4.79 Å². The predicted octanol–water partition coefficient (Wildman–Crippen LogP) is 4.97. The van der Waals surface area contributed by atoms with E-state index in [2.05, 4.69) is 10.6 Å². The molecular weight excluding hydrogens is 331 g/mol. The summed E-state index contributed by atoms with van der Waals surface area (Å²) < 4.78 is 0. The van der Waals surface area contributed by atoms with Crippen LogP contribution >= 0.6 is 34.8 Å². The molecule has 21 heavy (non-hydrogen) atoms. The molecule has 0 saturated carbocycles. The summed E-state index contributed by atoms with van der Waals surface area (Å²) in [5.74, 6) is -0.403. The zero-order chi connectivity index (χ0) is 15.0. The Bertz CT molecular complexity index is 771. The first kappa shape index (κ1) is 14.3. The van der Waals surface area contributed by atoms with Gasteiger partial charge < -0.3 is 10.6 Å². The Morgan fingerprint density at radius 1 is 0.857 bits per heavy atom. The van der Waals surface area contributed by atoms with Gasteiger partial charge in [0.25, 0.3) is 5.91 Å². The lowest BCUT2D eigenvalue weighted by Gasteiger charge is -2.13. The van der Waals surface area contributed by atoms with Crippen LogP contribution in [-0.2, 0) is 4.79 Å². The second kappa shape index (κ2) is 5.60. The molecule has 0 saturated heterocycles. The summed E-state index contributed by atoms with van der Waals surface area (Å²) in [4.78, 5) is 12.1. The van der Waals surface area contributed by atoms with E-state index in [1.54, 1.807) is 30.3 Å². The molecule has 0 aliphatic carbocycles. The van der Waals surface area contributed by atoms with Crippen LogP contribution in [0.3, 0.4) is 0 Å². The summed E-state index contributed by atoms with van der Waals surface area (Å²) >= 11 is 18.4. The minimum atomic E-state index is -0.403. The Morgan fingerprint density at radius 2 is 1.62 bits per heavy atom. The minimum Gasteiger partial charge on any atom is -0.352 e. The number of nitrogens with one attached hydrogen (secondary N) is 2. The molecule has 1 aliphatic rings. The molecule has 1 heterocycles. The highest BCUT2D eigenvalue weighted by atomic mass is 35.5. The molecule has 0 bridgehead atoms. The van der Waals surface area contributed by atoms with Crippen molar-refractivity contribution in [3.05, 3.63) is 63.1 Å². The molecule has 0 radical (unpaired) electrons. The number of carbonyl (C=O) groups is 1. The van der Waals surface area contributed by atoms with E-state index in [9.17, 15) is 4.79 Å². The maximum atomic E-state index is 12.1. The molecule has 0 atom stereocenters. The van der Waals surface area contributed by atoms with Crippen molar-refractivity contribution in [3.8, 4) is 0 Å². The van der Waals surface area contributed by atoms with Crippen LogP contribution in [0.2, 0.25) is 10.0 Å². The summed E-state index contributed by atoms with van der Waals surface area (Å²) in [6, 6.07) is 12.3. The lowest BCUT2D eigenvalue weighted by atomic mass is 10.1. The number of halogens is 3. The topological polar surface area (TPSA) is 41.1 Å². The molecule has 3 nitrogen and oxygen atoms in total. The number of amides is 1. The van der Waals surface area contributed by atoms with Crippen LogP contribution in [0.15, 0.2) is 47.5 Å². The third-order valence-corrected chi connectivity index (χ3v) is 3.98. The Balaban J connectivity index is 2.17. The lowest BCUT2D eigenvalue weighted by molar-refractivity contribution is -0.112. The van der Waals surface area contributed by atoms with Crippen molar-refractivity contribution >= 4 is 57.8 Å². The summed E-state index contributed by atoms with van der Waals surface area (Å²) in [7, 11) is 0. The van der Waals surface area contributed by atoms with Crippen LogP contribution in [0, 0.1) is 0 Å². The van der Waals surface area contributed by atoms with Crippen molar-refractivity contribution < 1.29 is 4.79 Å². The van der Waals surface area contributed by atoms with Gasteiger partial charge in [0.05, 0.1) is 17.1 Å². The van der Waals surface area contributed by atoms with E-state index in [0.29, 0.717) is 32.7 Å². The van der Waals surface area contributed by atoms with Gasteiger partial charge in [-0.05, 0) is 24.3 Å². The summed E-state index contributed by atoms with van der Waals surface area (Å²) in [5.41, 5.74) is 2.35. The Hall–Kier alpha value is -1.68. The first-order valence-electron chi connectivity index (χ1n) is 6.09. The number of fused-ring (bicyclic) bond motifs is 1. The second-order valence-corrected chi connectivity index (χ2v) is 5.66. The van der Waals surface area contributed by atoms with E-state index < -0.39 is 5.91 Å². The standard InChI is InChI=1S/C15H9Cl3N2O/c16-8-5-6-11-12(7-8)19-14(13(18)15(21)20-11)9-3-1-2-4-10(9)17/h1-7,19H,(H,20,21). The first-order valence-corrected chi connectivity index (χ1v) is 7.22. The fourth-order valence-electron chi connectivity index (χ4n) is 2.06. The van der Waals surface area contributed by atoms with Gasteiger partial charge >= 0.3 is 0 Å². The molecule has 2 aromatic carbocycles. The van der Waals surface area contributed by atoms with Gasteiger partial charge in [-0.2, -0.15) is 0 Å². The van der Waals surface area contributed by atoms with E-state index in [0.717, 1.165) is 0 Å². The van der Waals surface area contributed by atoms with E-state index in [1.807, 2.05) is 12.1 Å². The lowest BCUT2D eigenvalue weighted by Crippen LogP contribution is -2.11. The van der Waals surface area contributed by atoms with E-state index in [4.69, 9.17) is 34.8 Å². The van der Waals surface area contributed by atoms with Gasteiger partial charge in [0.2, 0.25) is 0 Å². The quantitative estimate of drug-likeness (QED) is 0.770. The van der Waals surface area contributed by atoms with Crippen molar-refractivity contribution in [2.75, 3.05) is 10.6 Å². The van der Waals surface area contributed by atoms with E-state index >= 15 is 0 Å². The fraction of sp³-hybridized carbons (Fsp3) is 0. The Labute approximate surface area is 136 Å². The van der Waals surface area contributed by atoms with Gasteiger partial charge in [-0.25, -0.2) is 0 Å². The SMILES string of the molecule is O=C1Nc2ccc(Cl)cc2NC(c2ccccc2Cl)=C1Cl. The summed E-state index contributed by atoms with van der Waals surface area (Å²) in [5, 5.41) is 6.94. The van der Waals surface area contributed by atoms with Crippen LogP contribution in [0.4, 0.5) is 11.4 Å². The Kier molecular flexibility index (Phi) is 3.81. The third kappa shape index (κ3) is 2.72. The average Bonchev–Trinajstić information content (AvgIpc) is 2.58. The molecular formula is C15H9Cl3N2O. The minimum absolute atomic E-state index is 0.0374. The molecule has 2 aromatic rings. The fourth-order valence-corrected chi connectivity index (χ4v) is 2.66. The highest BCUT2D eigenvalue weighted by Gasteiger charge is 2.22. The van der Waals surface area contributed by atoms with Gasteiger partial charge in [0, 0.05) is 15.6 Å². The van der Waals surface area contributed by atoms with Gasteiger partial charge in [-0.15, -0.1) is 0 Å². The molecule has 6 heteroatoms. The van der Waals surface area contributed by atoms with Crippen LogP contribution in [0.1, 0.15) is 5.56 Å². The maximum Gasteiger partial charge on any atom is 0.269 e. The number of hydrogen-bond acceptors (Lipinski definition) is 2. The molecule has 0 unspecified atom stereocenters. The van der Waals surface area contributed by atoms with Crippen molar-refractivity contribution in [1.29, 1.82) is 0 Å². The van der Waals surface area contributed by atoms with E-state index in [1.165, 1.54) is 0 Å². The highest BCUT2D eigenvalue weighted by molar-refractivity contribution is 6.48. The normalized spacial score (nSPS) is 14.1. The highest BCUT2D eigenvalue weighted by Crippen LogP contribution is 2.36. The number of anilines is 2. The first-order chi connectivity index (χ1) is 10.1. The van der Waals surface area contributed by atoms with Crippen LogP contribution in [-0.4, -0.2) is 5.91 Å².